The van der Waals surface area contributed by atoms with E-state index < -0.39 is 24.1 Å². The van der Waals surface area contributed by atoms with E-state index in [1.54, 1.807) is 0 Å². The van der Waals surface area contributed by atoms with E-state index in [2.05, 4.69) is 0 Å². The van der Waals surface area contributed by atoms with Crippen molar-refractivity contribution >= 4 is 23.3 Å². The third-order valence-corrected chi connectivity index (χ3v) is 3.55. The molecular weight excluding hydrogens is 283 g/mol. The lowest BCUT2D eigenvalue weighted by atomic mass is 9.85. The normalized spacial score (nSPS) is 23.1. The van der Waals surface area contributed by atoms with Crippen LogP contribution in [0.25, 0.3) is 0 Å². The number of halogens is 4. The molecule has 0 spiro atoms. The van der Waals surface area contributed by atoms with E-state index in [1.807, 2.05) is 0 Å². The number of fused-ring (bicyclic) bond motifs is 1. The second-order valence-corrected chi connectivity index (χ2v) is 4.96. The Morgan fingerprint density at radius 3 is 2.63 bits per heavy atom. The molecule has 0 radical (unpaired) electrons. The fourth-order valence-corrected chi connectivity index (χ4v) is 2.69. The quantitative estimate of drug-likeness (QED) is 0.865. The molecular formula is C12H11ClF3NO2. The maximum Gasteiger partial charge on any atom is 0.409 e. The van der Waals surface area contributed by atoms with E-state index in [0.29, 0.717) is 16.3 Å². The van der Waals surface area contributed by atoms with E-state index in [-0.39, 0.29) is 6.42 Å². The number of carboxylic acid groups (broad SMARTS) is 1. The smallest absolute Gasteiger partial charge is 0.409 e. The molecule has 104 valence electrons. The highest BCUT2D eigenvalue weighted by Crippen LogP contribution is 2.41. The molecule has 0 aromatic heterocycles. The molecule has 0 saturated heterocycles. The van der Waals surface area contributed by atoms with Gasteiger partial charge in [-0.1, -0.05) is 11.6 Å². The maximum atomic E-state index is 13.0. The number of aliphatic carboxylic acids is 1. The summed E-state index contributed by atoms with van der Waals surface area (Å²) in [6.07, 6.45) is -4.78. The first kappa shape index (κ1) is 14.0. The zero-order valence-corrected chi connectivity index (χ0v) is 10.7. The Morgan fingerprint density at radius 2 is 2.11 bits per heavy atom. The van der Waals surface area contributed by atoms with Crippen LogP contribution in [0, 0.1) is 5.92 Å². The number of benzene rings is 1. The standard InChI is InChI=1S/C12H11ClF3NO2/c1-17-9-3-2-7(13)4-6(9)5-8(11(18)19)10(17)12(14,15)16/h2-4,8,10H,5H2,1H3,(H,18,19)/t8-,10+/m1/s1. The monoisotopic (exact) mass is 293 g/mol. The largest absolute Gasteiger partial charge is 0.481 e. The zero-order chi connectivity index (χ0) is 14.4. The van der Waals surface area contributed by atoms with Gasteiger partial charge >= 0.3 is 12.1 Å². The van der Waals surface area contributed by atoms with Crippen molar-refractivity contribution in [1.29, 1.82) is 0 Å². The average molecular weight is 294 g/mol. The second-order valence-electron chi connectivity index (χ2n) is 4.52. The molecule has 19 heavy (non-hydrogen) atoms. The molecule has 1 N–H and O–H groups in total. The van der Waals surface area contributed by atoms with Gasteiger partial charge in [0.1, 0.15) is 6.04 Å². The Labute approximate surface area is 112 Å². The molecule has 1 heterocycles. The number of hydrogen-bond acceptors (Lipinski definition) is 2. The summed E-state index contributed by atoms with van der Waals surface area (Å²) in [5.74, 6) is -2.99. The highest BCUT2D eigenvalue weighted by Gasteiger charge is 2.52. The van der Waals surface area contributed by atoms with Crippen LogP contribution in [0.1, 0.15) is 5.56 Å². The molecule has 0 saturated carbocycles. The SMILES string of the molecule is CN1c2ccc(Cl)cc2C[C@@H](C(=O)O)[C@H]1C(F)(F)F. The maximum absolute atomic E-state index is 13.0. The molecule has 0 unspecified atom stereocenters. The lowest BCUT2D eigenvalue weighted by Crippen LogP contribution is -2.54. The minimum absolute atomic E-state index is 0.181. The molecule has 2 atom stereocenters. The van der Waals surface area contributed by atoms with Gasteiger partial charge in [0.15, 0.2) is 0 Å². The Bertz CT molecular complexity index is 518. The van der Waals surface area contributed by atoms with Crippen molar-refractivity contribution in [3.8, 4) is 0 Å². The number of hydrogen-bond donors (Lipinski definition) is 1. The van der Waals surface area contributed by atoms with Gasteiger partial charge in [0.25, 0.3) is 0 Å². The first-order chi connectivity index (χ1) is 8.71. The van der Waals surface area contributed by atoms with E-state index in [1.165, 1.54) is 25.2 Å². The minimum atomic E-state index is -4.60. The van der Waals surface area contributed by atoms with Gasteiger partial charge in [0.05, 0.1) is 5.92 Å². The summed E-state index contributed by atoms with van der Waals surface area (Å²) >= 11 is 5.79. The van der Waals surface area contributed by atoms with Gasteiger partial charge in [0.2, 0.25) is 0 Å². The van der Waals surface area contributed by atoms with Crippen LogP contribution in [0.5, 0.6) is 0 Å². The first-order valence-corrected chi connectivity index (χ1v) is 5.90. The predicted octanol–water partition coefficient (Wildman–Crippen LogP) is 2.96. The fourth-order valence-electron chi connectivity index (χ4n) is 2.50. The van der Waals surface area contributed by atoms with Crippen molar-refractivity contribution < 1.29 is 23.1 Å². The van der Waals surface area contributed by atoms with Crippen molar-refractivity contribution in [2.45, 2.75) is 18.6 Å². The van der Waals surface area contributed by atoms with E-state index >= 15 is 0 Å². The van der Waals surface area contributed by atoms with Crippen molar-refractivity contribution in [3.05, 3.63) is 28.8 Å². The van der Waals surface area contributed by atoms with Gasteiger partial charge in [0, 0.05) is 17.8 Å². The number of rotatable bonds is 1. The highest BCUT2D eigenvalue weighted by molar-refractivity contribution is 6.30. The summed E-state index contributed by atoms with van der Waals surface area (Å²) in [7, 11) is 1.25. The highest BCUT2D eigenvalue weighted by atomic mass is 35.5. The molecule has 0 bridgehead atoms. The summed E-state index contributed by atoms with van der Waals surface area (Å²) in [5.41, 5.74) is 0.882. The van der Waals surface area contributed by atoms with Crippen molar-refractivity contribution in [2.75, 3.05) is 11.9 Å². The molecule has 0 aliphatic carbocycles. The number of alkyl halides is 3. The summed E-state index contributed by atoms with van der Waals surface area (Å²) in [6, 6.07) is 2.45. The summed E-state index contributed by atoms with van der Waals surface area (Å²) < 4.78 is 39.1. The van der Waals surface area contributed by atoms with Gasteiger partial charge in [-0.25, -0.2) is 0 Å². The first-order valence-electron chi connectivity index (χ1n) is 5.52. The fraction of sp³-hybridized carbons (Fsp3) is 0.417. The van der Waals surface area contributed by atoms with Crippen molar-refractivity contribution in [2.24, 2.45) is 5.92 Å². The Hall–Kier alpha value is -1.43. The van der Waals surface area contributed by atoms with E-state index in [9.17, 15) is 18.0 Å². The van der Waals surface area contributed by atoms with Gasteiger partial charge in [-0.15, -0.1) is 0 Å². The molecule has 0 amide bonds. The third-order valence-electron chi connectivity index (χ3n) is 3.31. The van der Waals surface area contributed by atoms with Crippen molar-refractivity contribution in [1.82, 2.24) is 0 Å². The predicted molar refractivity (Wildman–Crippen MR) is 64.5 cm³/mol. The molecule has 1 aliphatic rings. The molecule has 0 fully saturated rings. The Balaban J connectivity index is 2.52. The minimum Gasteiger partial charge on any atom is -0.481 e. The molecule has 1 aliphatic heterocycles. The van der Waals surface area contributed by atoms with E-state index in [4.69, 9.17) is 16.7 Å². The molecule has 7 heteroatoms. The summed E-state index contributed by atoms with van der Waals surface area (Å²) in [5, 5.41) is 9.40. The second kappa shape index (κ2) is 4.59. The van der Waals surface area contributed by atoms with Gasteiger partial charge < -0.3 is 10.0 Å². The average Bonchev–Trinajstić information content (AvgIpc) is 2.25. The van der Waals surface area contributed by atoms with E-state index in [0.717, 1.165) is 4.90 Å². The van der Waals surface area contributed by atoms with Crippen molar-refractivity contribution in [3.63, 3.8) is 0 Å². The molecule has 1 aromatic rings. The number of carboxylic acids is 1. The molecule has 2 rings (SSSR count). The molecule has 3 nitrogen and oxygen atoms in total. The van der Waals surface area contributed by atoms with Crippen LogP contribution in [-0.4, -0.2) is 30.3 Å². The van der Waals surface area contributed by atoms with Crippen LogP contribution >= 0.6 is 11.6 Å². The summed E-state index contributed by atoms with van der Waals surface area (Å²) in [4.78, 5) is 12.1. The lowest BCUT2D eigenvalue weighted by molar-refractivity contribution is -0.174. The molecule has 1 aromatic carbocycles. The third kappa shape index (κ3) is 2.49. The van der Waals surface area contributed by atoms with Crippen LogP contribution in [0.15, 0.2) is 18.2 Å². The number of nitrogens with zero attached hydrogens (tertiary/aromatic N) is 1. The lowest BCUT2D eigenvalue weighted by Gasteiger charge is -2.40. The number of anilines is 1. The Kier molecular flexibility index (Phi) is 3.38. The van der Waals surface area contributed by atoms with Crippen LogP contribution < -0.4 is 4.90 Å². The van der Waals surface area contributed by atoms with Gasteiger partial charge in [-0.05, 0) is 30.2 Å². The zero-order valence-electron chi connectivity index (χ0n) is 9.91. The van der Waals surface area contributed by atoms with Gasteiger partial charge in [-0.2, -0.15) is 13.2 Å². The van der Waals surface area contributed by atoms with Crippen LogP contribution in [0.4, 0.5) is 18.9 Å². The van der Waals surface area contributed by atoms with Crippen LogP contribution in [0.3, 0.4) is 0 Å². The van der Waals surface area contributed by atoms with Crippen LogP contribution in [-0.2, 0) is 11.2 Å². The Morgan fingerprint density at radius 1 is 1.47 bits per heavy atom. The van der Waals surface area contributed by atoms with Gasteiger partial charge in [-0.3, -0.25) is 4.79 Å². The summed E-state index contributed by atoms with van der Waals surface area (Å²) in [6.45, 7) is 0. The topological polar surface area (TPSA) is 40.5 Å². The number of carbonyl (C=O) groups is 1. The van der Waals surface area contributed by atoms with Crippen LogP contribution in [0.2, 0.25) is 5.02 Å².